The topological polar surface area (TPSA) is 134 Å². The number of nitrogens with two attached hydrogens (primary N) is 1. The third kappa shape index (κ3) is 35.8. The third-order valence-electron chi connectivity index (χ3n) is 7.98. The van der Waals surface area contributed by atoms with Gasteiger partial charge in [0.1, 0.15) is 6.61 Å². The molecule has 0 aromatic rings. The van der Waals surface area contributed by atoms with Crippen molar-refractivity contribution >= 4 is 19.8 Å². The van der Waals surface area contributed by atoms with Crippen molar-refractivity contribution < 1.29 is 37.6 Å². The fraction of sp³-hybridized carbons (Fsp3) is 0.750. The molecular formula is C40H72NO8P. The summed E-state index contributed by atoms with van der Waals surface area (Å²) in [6.07, 6.45) is 40.2. The van der Waals surface area contributed by atoms with Crippen LogP contribution in [0.2, 0.25) is 0 Å². The third-order valence-corrected chi connectivity index (χ3v) is 8.96. The van der Waals surface area contributed by atoms with Crippen LogP contribution in [-0.2, 0) is 32.7 Å². The predicted octanol–water partition coefficient (Wildman–Crippen LogP) is 10.8. The standard InChI is InChI=1S/C40H72NO8P/c1-3-5-7-9-11-13-15-17-18-19-21-22-24-26-28-30-32-39(42)46-36-38(37-48-50(44,45)47-35-34-41)49-40(43)33-31-29-27-25-23-20-16-14-12-10-8-6-4-2/h18-23,27,29,38H,3-17,24-26,28,30-37,41H2,1-2H3,(H,44,45)/b19-18+,22-21+,23-20+,29-27+. The second-order valence-electron chi connectivity index (χ2n) is 12.8. The molecule has 290 valence electrons. The molecule has 0 saturated heterocycles. The molecule has 0 aliphatic rings. The Labute approximate surface area is 305 Å². The SMILES string of the molecule is CCCCCCCC/C=C/C/C=C/CCC(=O)OC(COC(=O)CCCCC/C=C/C=C/CCCCCCCCC)COP(=O)(O)OCCN. The smallest absolute Gasteiger partial charge is 0.462 e. The van der Waals surface area contributed by atoms with Crippen LogP contribution in [0.25, 0.3) is 0 Å². The average molecular weight is 726 g/mol. The van der Waals surface area contributed by atoms with Gasteiger partial charge < -0.3 is 20.1 Å². The molecule has 0 rings (SSSR count). The molecule has 0 aliphatic heterocycles. The molecule has 10 heteroatoms. The molecule has 0 aliphatic carbocycles. The first-order chi connectivity index (χ1) is 24.3. The lowest BCUT2D eigenvalue weighted by Gasteiger charge is -2.19. The first-order valence-electron chi connectivity index (χ1n) is 19.6. The maximum absolute atomic E-state index is 12.5. The van der Waals surface area contributed by atoms with E-state index in [1.165, 1.54) is 83.5 Å². The van der Waals surface area contributed by atoms with E-state index < -0.39 is 32.5 Å². The Balaban J connectivity index is 4.34. The van der Waals surface area contributed by atoms with Crippen molar-refractivity contribution in [2.75, 3.05) is 26.4 Å². The van der Waals surface area contributed by atoms with E-state index in [1.54, 1.807) is 0 Å². The number of hydrogen-bond acceptors (Lipinski definition) is 8. The largest absolute Gasteiger partial charge is 0.472 e. The van der Waals surface area contributed by atoms with Crippen molar-refractivity contribution in [3.05, 3.63) is 48.6 Å². The fourth-order valence-corrected chi connectivity index (χ4v) is 5.79. The van der Waals surface area contributed by atoms with Gasteiger partial charge in [0.15, 0.2) is 6.10 Å². The Hall–Kier alpha value is -2.03. The van der Waals surface area contributed by atoms with Crippen molar-refractivity contribution in [2.24, 2.45) is 5.73 Å². The van der Waals surface area contributed by atoms with Crippen molar-refractivity contribution in [3.8, 4) is 0 Å². The summed E-state index contributed by atoms with van der Waals surface area (Å²) in [5.41, 5.74) is 5.32. The molecule has 2 unspecified atom stereocenters. The van der Waals surface area contributed by atoms with Gasteiger partial charge in [-0.25, -0.2) is 4.57 Å². The minimum atomic E-state index is -4.39. The van der Waals surface area contributed by atoms with Crippen LogP contribution in [0.5, 0.6) is 0 Å². The molecule has 0 amide bonds. The zero-order valence-corrected chi connectivity index (χ0v) is 32.5. The number of allylic oxidation sites excluding steroid dienone is 8. The normalized spacial score (nSPS) is 13.9. The fourth-order valence-electron chi connectivity index (χ4n) is 5.03. The molecule has 0 fully saturated rings. The number of carbonyl (C=O) groups is 2. The van der Waals surface area contributed by atoms with Gasteiger partial charge in [-0.05, 0) is 57.8 Å². The number of phosphoric acid groups is 1. The van der Waals surface area contributed by atoms with E-state index in [1.807, 2.05) is 12.2 Å². The van der Waals surface area contributed by atoms with Gasteiger partial charge in [0, 0.05) is 19.4 Å². The van der Waals surface area contributed by atoms with Crippen LogP contribution in [0.3, 0.4) is 0 Å². The highest BCUT2D eigenvalue weighted by atomic mass is 31.2. The van der Waals surface area contributed by atoms with Crippen LogP contribution in [0.4, 0.5) is 0 Å². The van der Waals surface area contributed by atoms with Crippen LogP contribution in [0.1, 0.15) is 162 Å². The minimum absolute atomic E-state index is 0.0407. The van der Waals surface area contributed by atoms with Gasteiger partial charge in [0.25, 0.3) is 0 Å². The van der Waals surface area contributed by atoms with Crippen LogP contribution in [0, 0.1) is 0 Å². The molecule has 0 saturated carbocycles. The molecule has 3 N–H and O–H groups in total. The van der Waals surface area contributed by atoms with Crippen molar-refractivity contribution in [1.29, 1.82) is 0 Å². The quantitative estimate of drug-likeness (QED) is 0.0213. The average Bonchev–Trinajstić information content (AvgIpc) is 3.10. The highest BCUT2D eigenvalue weighted by Gasteiger charge is 2.25. The predicted molar refractivity (Wildman–Crippen MR) is 206 cm³/mol. The van der Waals surface area contributed by atoms with Crippen molar-refractivity contribution in [1.82, 2.24) is 0 Å². The number of rotatable bonds is 36. The van der Waals surface area contributed by atoms with E-state index >= 15 is 0 Å². The second kappa shape index (κ2) is 36.8. The molecule has 9 nitrogen and oxygen atoms in total. The van der Waals surface area contributed by atoms with Gasteiger partial charge in [-0.2, -0.15) is 0 Å². The summed E-state index contributed by atoms with van der Waals surface area (Å²) in [5, 5.41) is 0. The van der Waals surface area contributed by atoms with E-state index in [9.17, 15) is 19.0 Å². The van der Waals surface area contributed by atoms with E-state index in [4.69, 9.17) is 24.3 Å². The monoisotopic (exact) mass is 725 g/mol. The Morgan fingerprint density at radius 2 is 1.14 bits per heavy atom. The Bertz CT molecular complexity index is 965. The van der Waals surface area contributed by atoms with E-state index in [2.05, 4.69) is 50.3 Å². The molecule has 0 heterocycles. The van der Waals surface area contributed by atoms with Gasteiger partial charge in [-0.3, -0.25) is 18.6 Å². The summed E-state index contributed by atoms with van der Waals surface area (Å²) >= 11 is 0. The van der Waals surface area contributed by atoms with Crippen molar-refractivity contribution in [2.45, 2.75) is 168 Å². The Morgan fingerprint density at radius 1 is 0.620 bits per heavy atom. The van der Waals surface area contributed by atoms with Crippen LogP contribution < -0.4 is 5.73 Å². The van der Waals surface area contributed by atoms with Crippen LogP contribution >= 0.6 is 7.82 Å². The number of unbranched alkanes of at least 4 members (excludes halogenated alkanes) is 16. The van der Waals surface area contributed by atoms with Gasteiger partial charge in [0.2, 0.25) is 0 Å². The lowest BCUT2D eigenvalue weighted by molar-refractivity contribution is -0.161. The molecule has 0 bridgehead atoms. The molecule has 0 radical (unpaired) electrons. The van der Waals surface area contributed by atoms with E-state index in [0.29, 0.717) is 12.8 Å². The molecular weight excluding hydrogens is 653 g/mol. The minimum Gasteiger partial charge on any atom is -0.462 e. The highest BCUT2D eigenvalue weighted by Crippen LogP contribution is 2.43. The highest BCUT2D eigenvalue weighted by molar-refractivity contribution is 7.47. The first-order valence-corrected chi connectivity index (χ1v) is 21.1. The Morgan fingerprint density at radius 3 is 1.72 bits per heavy atom. The lowest BCUT2D eigenvalue weighted by atomic mass is 10.1. The Kier molecular flexibility index (Phi) is 35.3. The summed E-state index contributed by atoms with van der Waals surface area (Å²) < 4.78 is 32.5. The van der Waals surface area contributed by atoms with Gasteiger partial charge in [-0.1, -0.05) is 140 Å². The van der Waals surface area contributed by atoms with Gasteiger partial charge in [0.05, 0.1) is 13.2 Å². The lowest BCUT2D eigenvalue weighted by Crippen LogP contribution is -2.29. The molecule has 0 spiro atoms. The number of ether oxygens (including phenoxy) is 2. The first kappa shape index (κ1) is 48.0. The summed E-state index contributed by atoms with van der Waals surface area (Å²) in [4.78, 5) is 34.7. The van der Waals surface area contributed by atoms with Gasteiger partial charge in [-0.15, -0.1) is 0 Å². The molecule has 0 aromatic heterocycles. The van der Waals surface area contributed by atoms with E-state index in [-0.39, 0.29) is 32.6 Å². The van der Waals surface area contributed by atoms with Crippen LogP contribution in [0.15, 0.2) is 48.6 Å². The van der Waals surface area contributed by atoms with Crippen LogP contribution in [-0.4, -0.2) is 49.3 Å². The summed E-state index contributed by atoms with van der Waals surface area (Å²) in [7, 11) is -4.39. The van der Waals surface area contributed by atoms with Gasteiger partial charge >= 0.3 is 19.8 Å². The molecule has 50 heavy (non-hydrogen) atoms. The number of hydrogen-bond donors (Lipinski definition) is 2. The van der Waals surface area contributed by atoms with Crippen molar-refractivity contribution in [3.63, 3.8) is 0 Å². The zero-order chi connectivity index (χ0) is 36.8. The summed E-state index contributed by atoms with van der Waals surface area (Å²) in [5.74, 6) is -0.941. The summed E-state index contributed by atoms with van der Waals surface area (Å²) in [6, 6.07) is 0. The second-order valence-corrected chi connectivity index (χ2v) is 14.3. The molecule has 0 aromatic carbocycles. The number of phosphoric ester groups is 1. The van der Waals surface area contributed by atoms with E-state index in [0.717, 1.165) is 38.5 Å². The summed E-state index contributed by atoms with van der Waals surface area (Å²) in [6.45, 7) is 3.60. The maximum Gasteiger partial charge on any atom is 0.472 e. The number of esters is 2. The molecule has 2 atom stereocenters. The maximum atomic E-state index is 12.5. The zero-order valence-electron chi connectivity index (χ0n) is 31.6. The number of carbonyl (C=O) groups excluding carboxylic acids is 2.